The molecule has 0 radical (unpaired) electrons. The van der Waals surface area contributed by atoms with Crippen molar-refractivity contribution in [2.75, 3.05) is 6.61 Å². The third-order valence-corrected chi connectivity index (χ3v) is 3.47. The van der Waals surface area contributed by atoms with Crippen molar-refractivity contribution < 1.29 is 15.3 Å². The standard InChI is InChI=1S/C13H28O3/c1-9(2)11(8-14)6-7-13(5,16)12(15)10(3)4/h9-12,14-16H,6-8H2,1-5H3/t11-,12+,13+/m0/s1. The fourth-order valence-corrected chi connectivity index (χ4v) is 1.98. The molecule has 0 heterocycles. The van der Waals surface area contributed by atoms with Crippen LogP contribution in [-0.2, 0) is 0 Å². The zero-order valence-corrected chi connectivity index (χ0v) is 11.3. The predicted octanol–water partition coefficient (Wildman–Crippen LogP) is 1.80. The molecule has 3 heteroatoms. The summed E-state index contributed by atoms with van der Waals surface area (Å²) in [6, 6.07) is 0. The van der Waals surface area contributed by atoms with Crippen LogP contribution in [0.25, 0.3) is 0 Å². The highest BCUT2D eigenvalue weighted by Crippen LogP contribution is 2.26. The van der Waals surface area contributed by atoms with Gasteiger partial charge in [-0.05, 0) is 37.5 Å². The van der Waals surface area contributed by atoms with Crippen LogP contribution >= 0.6 is 0 Å². The first-order valence-electron chi connectivity index (χ1n) is 6.23. The normalized spacial score (nSPS) is 19.9. The molecule has 0 aliphatic carbocycles. The molecule has 0 unspecified atom stereocenters. The van der Waals surface area contributed by atoms with Crippen LogP contribution in [0.2, 0.25) is 0 Å². The highest BCUT2D eigenvalue weighted by molar-refractivity contribution is 4.84. The molecule has 0 aliphatic rings. The zero-order chi connectivity index (χ0) is 12.9. The van der Waals surface area contributed by atoms with Crippen LogP contribution in [0.3, 0.4) is 0 Å². The molecule has 0 aromatic carbocycles. The number of rotatable bonds is 7. The molecular weight excluding hydrogens is 204 g/mol. The Bertz CT molecular complexity index is 188. The second kappa shape index (κ2) is 6.58. The van der Waals surface area contributed by atoms with Crippen molar-refractivity contribution in [1.82, 2.24) is 0 Å². The molecule has 3 N–H and O–H groups in total. The number of aliphatic hydroxyl groups is 3. The molecule has 0 saturated heterocycles. The fraction of sp³-hybridized carbons (Fsp3) is 1.00. The average Bonchev–Trinajstić information content (AvgIpc) is 2.16. The molecular formula is C13H28O3. The smallest absolute Gasteiger partial charge is 0.0880 e. The van der Waals surface area contributed by atoms with Gasteiger partial charge in [-0.2, -0.15) is 0 Å². The van der Waals surface area contributed by atoms with E-state index in [1.807, 2.05) is 13.8 Å². The Kier molecular flexibility index (Phi) is 6.53. The molecule has 0 bridgehead atoms. The fourth-order valence-electron chi connectivity index (χ4n) is 1.98. The third kappa shape index (κ3) is 4.81. The third-order valence-electron chi connectivity index (χ3n) is 3.47. The van der Waals surface area contributed by atoms with Gasteiger partial charge in [0.05, 0.1) is 11.7 Å². The van der Waals surface area contributed by atoms with E-state index >= 15 is 0 Å². The van der Waals surface area contributed by atoms with Crippen LogP contribution in [-0.4, -0.2) is 33.6 Å². The Morgan fingerprint density at radius 3 is 1.88 bits per heavy atom. The van der Waals surface area contributed by atoms with Gasteiger partial charge < -0.3 is 15.3 Å². The Labute approximate surface area is 99.5 Å². The van der Waals surface area contributed by atoms with Crippen LogP contribution < -0.4 is 0 Å². The SMILES string of the molecule is CC(C)[C@H](CO)CC[C@@](C)(O)[C@H](O)C(C)C. The first-order valence-corrected chi connectivity index (χ1v) is 6.23. The number of hydrogen-bond acceptors (Lipinski definition) is 3. The summed E-state index contributed by atoms with van der Waals surface area (Å²) in [6.07, 6.45) is 0.555. The maximum Gasteiger partial charge on any atom is 0.0880 e. The minimum Gasteiger partial charge on any atom is -0.396 e. The van der Waals surface area contributed by atoms with Crippen LogP contribution in [0.15, 0.2) is 0 Å². The van der Waals surface area contributed by atoms with Crippen molar-refractivity contribution in [3.8, 4) is 0 Å². The largest absolute Gasteiger partial charge is 0.396 e. The Hall–Kier alpha value is -0.120. The molecule has 3 atom stereocenters. The maximum atomic E-state index is 10.1. The lowest BCUT2D eigenvalue weighted by Gasteiger charge is -2.33. The molecule has 0 saturated carbocycles. The van der Waals surface area contributed by atoms with Crippen molar-refractivity contribution in [3.63, 3.8) is 0 Å². The van der Waals surface area contributed by atoms with Crippen molar-refractivity contribution in [2.24, 2.45) is 17.8 Å². The quantitative estimate of drug-likeness (QED) is 0.627. The van der Waals surface area contributed by atoms with E-state index in [0.29, 0.717) is 12.3 Å². The first kappa shape index (κ1) is 15.9. The van der Waals surface area contributed by atoms with E-state index in [0.717, 1.165) is 6.42 Å². The van der Waals surface area contributed by atoms with E-state index < -0.39 is 11.7 Å². The second-order valence-electron chi connectivity index (χ2n) is 5.77. The van der Waals surface area contributed by atoms with Gasteiger partial charge in [-0.1, -0.05) is 27.7 Å². The summed E-state index contributed by atoms with van der Waals surface area (Å²) in [5.41, 5.74) is -1.06. The molecule has 0 fully saturated rings. The van der Waals surface area contributed by atoms with Gasteiger partial charge in [0.15, 0.2) is 0 Å². The Balaban J connectivity index is 4.26. The molecule has 16 heavy (non-hydrogen) atoms. The minimum atomic E-state index is -1.06. The van der Waals surface area contributed by atoms with E-state index in [9.17, 15) is 15.3 Å². The van der Waals surface area contributed by atoms with Gasteiger partial charge in [0.25, 0.3) is 0 Å². The zero-order valence-electron chi connectivity index (χ0n) is 11.3. The van der Waals surface area contributed by atoms with Gasteiger partial charge in [-0.25, -0.2) is 0 Å². The second-order valence-corrected chi connectivity index (χ2v) is 5.77. The van der Waals surface area contributed by atoms with Crippen molar-refractivity contribution >= 4 is 0 Å². The van der Waals surface area contributed by atoms with Crippen LogP contribution in [0.4, 0.5) is 0 Å². The van der Waals surface area contributed by atoms with Gasteiger partial charge in [0.1, 0.15) is 0 Å². The predicted molar refractivity (Wildman–Crippen MR) is 66.1 cm³/mol. The summed E-state index contributed by atoms with van der Waals surface area (Å²) in [5.74, 6) is 0.643. The maximum absolute atomic E-state index is 10.1. The lowest BCUT2D eigenvalue weighted by atomic mass is 9.82. The first-order chi connectivity index (χ1) is 7.22. The van der Waals surface area contributed by atoms with Gasteiger partial charge in [-0.3, -0.25) is 0 Å². The molecule has 0 amide bonds. The molecule has 98 valence electrons. The van der Waals surface area contributed by atoms with Crippen molar-refractivity contribution in [2.45, 2.75) is 59.2 Å². The van der Waals surface area contributed by atoms with Crippen LogP contribution in [0.1, 0.15) is 47.5 Å². The van der Waals surface area contributed by atoms with Gasteiger partial charge in [0.2, 0.25) is 0 Å². The molecule has 0 aliphatic heterocycles. The van der Waals surface area contributed by atoms with Gasteiger partial charge in [-0.15, -0.1) is 0 Å². The van der Waals surface area contributed by atoms with Crippen molar-refractivity contribution in [1.29, 1.82) is 0 Å². The molecule has 0 aromatic rings. The summed E-state index contributed by atoms with van der Waals surface area (Å²) in [6.45, 7) is 9.73. The van der Waals surface area contributed by atoms with Crippen molar-refractivity contribution in [3.05, 3.63) is 0 Å². The highest BCUT2D eigenvalue weighted by atomic mass is 16.3. The average molecular weight is 232 g/mol. The Morgan fingerprint density at radius 2 is 1.56 bits per heavy atom. The minimum absolute atomic E-state index is 0.0432. The highest BCUT2D eigenvalue weighted by Gasteiger charge is 2.33. The lowest BCUT2D eigenvalue weighted by Crippen LogP contribution is -2.43. The van der Waals surface area contributed by atoms with E-state index in [4.69, 9.17) is 0 Å². The van der Waals surface area contributed by atoms with Crippen LogP contribution in [0, 0.1) is 17.8 Å². The van der Waals surface area contributed by atoms with E-state index in [1.54, 1.807) is 6.92 Å². The monoisotopic (exact) mass is 232 g/mol. The Morgan fingerprint density at radius 1 is 1.06 bits per heavy atom. The van der Waals surface area contributed by atoms with E-state index in [1.165, 1.54) is 0 Å². The number of aliphatic hydroxyl groups excluding tert-OH is 2. The van der Waals surface area contributed by atoms with Gasteiger partial charge in [0, 0.05) is 6.61 Å². The van der Waals surface area contributed by atoms with E-state index in [-0.39, 0.29) is 18.4 Å². The topological polar surface area (TPSA) is 60.7 Å². The molecule has 0 aromatic heterocycles. The molecule has 0 spiro atoms. The summed E-state index contributed by atoms with van der Waals surface area (Å²) in [4.78, 5) is 0. The van der Waals surface area contributed by atoms with Gasteiger partial charge >= 0.3 is 0 Å². The summed E-state index contributed by atoms with van der Waals surface area (Å²) < 4.78 is 0. The molecule has 3 nitrogen and oxygen atoms in total. The number of hydrogen-bond donors (Lipinski definition) is 3. The summed E-state index contributed by atoms with van der Waals surface area (Å²) in [7, 11) is 0. The van der Waals surface area contributed by atoms with Crippen LogP contribution in [0.5, 0.6) is 0 Å². The lowest BCUT2D eigenvalue weighted by molar-refractivity contribution is -0.0911. The summed E-state index contributed by atoms with van der Waals surface area (Å²) >= 11 is 0. The molecule has 0 rings (SSSR count). The summed E-state index contributed by atoms with van der Waals surface area (Å²) in [5, 5.41) is 29.2. The van der Waals surface area contributed by atoms with E-state index in [2.05, 4.69) is 13.8 Å².